The summed E-state index contributed by atoms with van der Waals surface area (Å²) in [6.45, 7) is 5.35. The highest BCUT2D eigenvalue weighted by molar-refractivity contribution is 8.13. The number of hydrogen-bond donors (Lipinski definition) is 3. The smallest absolute Gasteiger partial charge is 0.319 e. The van der Waals surface area contributed by atoms with E-state index < -0.39 is 4.99 Å². The number of nitrogens with zero attached hydrogens (tertiary/aromatic N) is 3. The molecular weight excluding hydrogens is 402 g/mol. The molecule has 5 heterocycles. The van der Waals surface area contributed by atoms with Gasteiger partial charge in [0.1, 0.15) is 6.20 Å². The van der Waals surface area contributed by atoms with E-state index in [1.807, 2.05) is 30.3 Å². The minimum absolute atomic E-state index is 0.0177. The fourth-order valence-electron chi connectivity index (χ4n) is 4.34. The number of likely N-dealkylation sites (tertiary alicyclic amines) is 1. The summed E-state index contributed by atoms with van der Waals surface area (Å²) in [6.07, 6.45) is 6.37. The van der Waals surface area contributed by atoms with Gasteiger partial charge in [0.15, 0.2) is 10.4 Å². The SMILES string of the molecule is CC1CCN(C(=O)NC2(C)NN=CS2)CC1n1ccc(=O)c2c[nH+]c3[nH]ccc3c21. The van der Waals surface area contributed by atoms with Gasteiger partial charge < -0.3 is 14.8 Å². The average Bonchev–Trinajstić information content (AvgIpc) is 3.38. The number of hydrogen-bond acceptors (Lipinski definition) is 5. The van der Waals surface area contributed by atoms with Crippen LogP contribution in [0.3, 0.4) is 0 Å². The maximum Gasteiger partial charge on any atom is 0.319 e. The fourth-order valence-corrected chi connectivity index (χ4v) is 4.91. The molecule has 3 aromatic rings. The molecule has 0 spiro atoms. The van der Waals surface area contributed by atoms with Crippen molar-refractivity contribution >= 4 is 45.3 Å². The van der Waals surface area contributed by atoms with E-state index in [0.29, 0.717) is 24.4 Å². The fraction of sp³-hybridized carbons (Fsp3) is 0.400. The van der Waals surface area contributed by atoms with Crippen molar-refractivity contribution in [2.45, 2.75) is 31.3 Å². The van der Waals surface area contributed by atoms with Crippen molar-refractivity contribution < 1.29 is 9.78 Å². The van der Waals surface area contributed by atoms with Crippen LogP contribution in [0.15, 0.2) is 40.6 Å². The molecule has 2 amide bonds. The van der Waals surface area contributed by atoms with E-state index >= 15 is 0 Å². The normalized spacial score (nSPS) is 26.3. The lowest BCUT2D eigenvalue weighted by Gasteiger charge is -2.40. The van der Waals surface area contributed by atoms with Crippen LogP contribution in [-0.4, -0.2) is 44.1 Å². The van der Waals surface area contributed by atoms with E-state index in [4.69, 9.17) is 0 Å². The lowest BCUT2D eigenvalue weighted by Crippen LogP contribution is -2.56. The number of aromatic amines is 2. The number of carbonyl (C=O) groups excluding carboxylic acids is 1. The molecule has 0 bridgehead atoms. The topological polar surface area (TPSA) is 109 Å². The summed E-state index contributed by atoms with van der Waals surface area (Å²) in [6, 6.07) is 3.52. The Morgan fingerprint density at radius 3 is 3.07 bits per heavy atom. The van der Waals surface area contributed by atoms with Gasteiger partial charge in [-0.1, -0.05) is 18.7 Å². The Labute approximate surface area is 176 Å². The maximum absolute atomic E-state index is 13.0. The number of hydrazone groups is 1. The zero-order valence-corrected chi connectivity index (χ0v) is 17.6. The number of nitrogens with one attached hydrogen (secondary N) is 4. The molecule has 9 nitrogen and oxygen atoms in total. The van der Waals surface area contributed by atoms with E-state index in [0.717, 1.165) is 23.0 Å². The van der Waals surface area contributed by atoms with Gasteiger partial charge in [-0.05, 0) is 25.3 Å². The van der Waals surface area contributed by atoms with Gasteiger partial charge in [0.05, 0.1) is 34.1 Å². The van der Waals surface area contributed by atoms with Gasteiger partial charge in [-0.25, -0.2) is 14.8 Å². The first kappa shape index (κ1) is 19.0. The summed E-state index contributed by atoms with van der Waals surface area (Å²) in [5.41, 5.74) is 6.36. The van der Waals surface area contributed by atoms with Gasteiger partial charge in [0.25, 0.3) is 5.65 Å². The minimum Gasteiger partial charge on any atom is -0.341 e. The van der Waals surface area contributed by atoms with Crippen LogP contribution in [0.25, 0.3) is 21.9 Å². The molecule has 3 atom stereocenters. The number of H-pyrrole nitrogens is 2. The third-order valence-corrected chi connectivity index (χ3v) is 6.93. The van der Waals surface area contributed by atoms with Crippen molar-refractivity contribution in [3.63, 3.8) is 0 Å². The first-order valence-corrected chi connectivity index (χ1v) is 10.9. The number of amides is 2. The molecule has 1 fully saturated rings. The van der Waals surface area contributed by atoms with Gasteiger partial charge in [-0.3, -0.25) is 10.2 Å². The van der Waals surface area contributed by atoms with Crippen molar-refractivity contribution in [1.82, 2.24) is 25.2 Å². The summed E-state index contributed by atoms with van der Waals surface area (Å²) >= 11 is 1.43. The highest BCUT2D eigenvalue weighted by Gasteiger charge is 2.35. The molecule has 10 heteroatoms. The standard InChI is InChI=1S/C20H23N7O2S/c1-12-4-7-26(19(29)24-20(2)25-23-11-30-20)10-15(12)27-8-5-16(28)14-9-22-18-13(17(14)27)3-6-21-18/h3,5-6,8-9,11-12,15,25H,4,7,10H2,1-2H3,(H,21,22)(H,24,29)/p+1. The lowest BCUT2D eigenvalue weighted by molar-refractivity contribution is -0.345. The van der Waals surface area contributed by atoms with Crippen molar-refractivity contribution in [3.05, 3.63) is 40.9 Å². The van der Waals surface area contributed by atoms with Gasteiger partial charge in [-0.2, -0.15) is 5.10 Å². The Balaban J connectivity index is 1.51. The quantitative estimate of drug-likeness (QED) is 0.581. The summed E-state index contributed by atoms with van der Waals surface area (Å²) in [5.74, 6) is 0.357. The minimum atomic E-state index is -0.632. The summed E-state index contributed by atoms with van der Waals surface area (Å²) in [5, 5.41) is 8.63. The maximum atomic E-state index is 13.0. The third-order valence-electron chi connectivity index (χ3n) is 6.06. The predicted octanol–water partition coefficient (Wildman–Crippen LogP) is 1.84. The Kier molecular flexibility index (Phi) is 4.46. The average molecular weight is 427 g/mol. The van der Waals surface area contributed by atoms with Crippen molar-refractivity contribution in [3.8, 4) is 0 Å². The largest absolute Gasteiger partial charge is 0.341 e. The van der Waals surface area contributed by atoms with E-state index in [-0.39, 0.29) is 17.5 Å². The number of aromatic nitrogens is 3. The molecule has 3 aromatic heterocycles. The molecule has 0 radical (unpaired) electrons. The van der Waals surface area contributed by atoms with Crippen LogP contribution < -0.4 is 21.2 Å². The van der Waals surface area contributed by atoms with Gasteiger partial charge in [0, 0.05) is 25.4 Å². The van der Waals surface area contributed by atoms with Crippen LogP contribution in [0.5, 0.6) is 0 Å². The van der Waals surface area contributed by atoms with Gasteiger partial charge >= 0.3 is 6.03 Å². The third kappa shape index (κ3) is 3.11. The van der Waals surface area contributed by atoms with Crippen LogP contribution in [0.4, 0.5) is 4.79 Å². The molecule has 156 valence electrons. The monoisotopic (exact) mass is 426 g/mol. The van der Waals surface area contributed by atoms with E-state index in [1.54, 1.807) is 17.8 Å². The molecule has 0 saturated carbocycles. The molecule has 0 aromatic carbocycles. The van der Waals surface area contributed by atoms with Gasteiger partial charge in [-0.15, -0.1) is 0 Å². The number of fused-ring (bicyclic) bond motifs is 3. The second-order valence-electron chi connectivity index (χ2n) is 8.11. The second-order valence-corrected chi connectivity index (χ2v) is 9.37. The van der Waals surface area contributed by atoms with Gasteiger partial charge in [0.2, 0.25) is 0 Å². The number of rotatable bonds is 2. The van der Waals surface area contributed by atoms with Crippen LogP contribution >= 0.6 is 11.8 Å². The summed E-state index contributed by atoms with van der Waals surface area (Å²) in [7, 11) is 0. The zero-order valence-electron chi connectivity index (χ0n) is 16.8. The number of urea groups is 1. The van der Waals surface area contributed by atoms with Crippen molar-refractivity contribution in [2.75, 3.05) is 13.1 Å². The summed E-state index contributed by atoms with van der Waals surface area (Å²) in [4.78, 5) is 33.1. The molecule has 0 aliphatic carbocycles. The van der Waals surface area contributed by atoms with E-state index in [1.165, 1.54) is 11.8 Å². The Morgan fingerprint density at radius 2 is 2.27 bits per heavy atom. The van der Waals surface area contributed by atoms with E-state index in [2.05, 4.69) is 37.3 Å². The van der Waals surface area contributed by atoms with Crippen LogP contribution in [0.2, 0.25) is 0 Å². The second kappa shape index (κ2) is 7.05. The zero-order chi connectivity index (χ0) is 20.9. The molecule has 2 aliphatic heterocycles. The van der Waals surface area contributed by atoms with Crippen molar-refractivity contribution in [1.29, 1.82) is 0 Å². The van der Waals surface area contributed by atoms with Crippen LogP contribution in [0.1, 0.15) is 26.3 Å². The number of thioether (sulfide) groups is 1. The molecular formula is C20H24N7O2S+. The highest BCUT2D eigenvalue weighted by Crippen LogP contribution is 2.32. The number of pyridine rings is 2. The number of carbonyl (C=O) groups is 1. The van der Waals surface area contributed by atoms with E-state index in [9.17, 15) is 9.59 Å². The molecule has 3 unspecified atom stereocenters. The molecule has 5 rings (SSSR count). The Morgan fingerprint density at radius 1 is 1.40 bits per heavy atom. The van der Waals surface area contributed by atoms with Crippen molar-refractivity contribution in [2.24, 2.45) is 11.0 Å². The van der Waals surface area contributed by atoms with Crippen LogP contribution in [0, 0.1) is 5.92 Å². The van der Waals surface area contributed by atoms with Crippen LogP contribution in [-0.2, 0) is 0 Å². The first-order valence-electron chi connectivity index (χ1n) is 10.0. The molecule has 1 saturated heterocycles. The molecule has 30 heavy (non-hydrogen) atoms. The first-order chi connectivity index (χ1) is 14.5. The Hall–Kier alpha value is -3.01. The molecule has 4 N–H and O–H groups in total. The highest BCUT2D eigenvalue weighted by atomic mass is 32.2. The summed E-state index contributed by atoms with van der Waals surface area (Å²) < 4.78 is 2.16. The molecule has 2 aliphatic rings. The predicted molar refractivity (Wildman–Crippen MR) is 117 cm³/mol. The number of piperidine rings is 1. The lowest BCUT2D eigenvalue weighted by atomic mass is 9.92. The Bertz CT molecular complexity index is 1210.